The van der Waals surface area contributed by atoms with Crippen molar-refractivity contribution in [2.45, 2.75) is 36.0 Å². The Balaban J connectivity index is 1.91. The Bertz CT molecular complexity index is 894. The second-order valence-electron chi connectivity index (χ2n) is 6.54. The van der Waals surface area contributed by atoms with Gasteiger partial charge in [-0.1, -0.05) is 23.2 Å². The Labute approximate surface area is 164 Å². The minimum Gasteiger partial charge on any atom is -0.495 e. The van der Waals surface area contributed by atoms with Gasteiger partial charge in [0.1, 0.15) is 5.75 Å². The molecule has 0 atom stereocenters. The Morgan fingerprint density at radius 1 is 1.15 bits per heavy atom. The Morgan fingerprint density at radius 3 is 2.35 bits per heavy atom. The summed E-state index contributed by atoms with van der Waals surface area (Å²) in [6.07, 6.45) is 3.47. The van der Waals surface area contributed by atoms with Gasteiger partial charge >= 0.3 is 0 Å². The molecule has 7 heteroatoms. The lowest BCUT2D eigenvalue weighted by molar-refractivity contribution is 0.386. The summed E-state index contributed by atoms with van der Waals surface area (Å²) in [7, 11) is 0.0672. The molecule has 0 heterocycles. The van der Waals surface area contributed by atoms with Crippen molar-refractivity contribution in [3.63, 3.8) is 0 Å². The van der Waals surface area contributed by atoms with E-state index in [0.29, 0.717) is 27.4 Å². The zero-order valence-electron chi connectivity index (χ0n) is 14.7. The zero-order chi connectivity index (χ0) is 18.9. The van der Waals surface area contributed by atoms with E-state index in [0.717, 1.165) is 18.5 Å². The van der Waals surface area contributed by atoms with Crippen LogP contribution in [0.2, 0.25) is 10.0 Å². The van der Waals surface area contributed by atoms with Crippen molar-refractivity contribution in [2.24, 2.45) is 0 Å². The monoisotopic (exact) mass is 413 g/mol. The average molecular weight is 414 g/mol. The van der Waals surface area contributed by atoms with Crippen LogP contribution in [0.4, 0.5) is 5.69 Å². The molecule has 1 saturated carbocycles. The molecule has 3 rings (SSSR count). The number of ether oxygens (including phenoxy) is 1. The predicted octanol–water partition coefficient (Wildman–Crippen LogP) is 4.96. The summed E-state index contributed by atoms with van der Waals surface area (Å²) in [5.74, 6) is 0.436. The van der Waals surface area contributed by atoms with Gasteiger partial charge in [0.05, 0.1) is 28.5 Å². The first-order chi connectivity index (χ1) is 12.3. The van der Waals surface area contributed by atoms with Gasteiger partial charge in [-0.3, -0.25) is 0 Å². The van der Waals surface area contributed by atoms with E-state index in [2.05, 4.69) is 4.90 Å². The first kappa shape index (κ1) is 19.3. The van der Waals surface area contributed by atoms with Crippen molar-refractivity contribution >= 4 is 38.7 Å². The molecule has 0 aromatic heterocycles. The number of hydrogen-bond donors (Lipinski definition) is 0. The maximum absolute atomic E-state index is 12.7. The summed E-state index contributed by atoms with van der Waals surface area (Å²) in [6.45, 7) is 0. The second kappa shape index (κ2) is 7.67. The molecule has 0 spiro atoms. The highest BCUT2D eigenvalue weighted by atomic mass is 35.5. The van der Waals surface area contributed by atoms with Crippen LogP contribution in [-0.4, -0.2) is 28.6 Å². The molecule has 0 unspecified atom stereocenters. The standard InChI is InChI=1S/C19H21Cl2NO3S/c1-22(15-4-3-5-15)19-17(21)10-13(11-18(19)25-2)12-26(23,24)16-8-6-14(20)7-9-16/h6-11,15H,3-5,12H2,1-2H3. The molecule has 140 valence electrons. The second-order valence-corrected chi connectivity index (χ2v) is 9.37. The number of hydrogen-bond acceptors (Lipinski definition) is 4. The van der Waals surface area contributed by atoms with Gasteiger partial charge in [0.2, 0.25) is 0 Å². The van der Waals surface area contributed by atoms with Crippen molar-refractivity contribution in [3.8, 4) is 5.75 Å². The lowest BCUT2D eigenvalue weighted by atomic mass is 9.91. The molecule has 0 aliphatic heterocycles. The summed E-state index contributed by atoms with van der Waals surface area (Å²) in [6, 6.07) is 10.1. The normalized spacial score (nSPS) is 14.8. The summed E-state index contributed by atoms with van der Waals surface area (Å²) in [4.78, 5) is 2.36. The van der Waals surface area contributed by atoms with Gasteiger partial charge in [0.25, 0.3) is 0 Å². The topological polar surface area (TPSA) is 46.6 Å². The smallest absolute Gasteiger partial charge is 0.182 e. The number of anilines is 1. The molecule has 0 bridgehead atoms. The number of nitrogens with zero attached hydrogens (tertiary/aromatic N) is 1. The van der Waals surface area contributed by atoms with Crippen molar-refractivity contribution in [1.82, 2.24) is 0 Å². The fraction of sp³-hybridized carbons (Fsp3) is 0.368. The first-order valence-electron chi connectivity index (χ1n) is 8.39. The SMILES string of the molecule is COc1cc(CS(=O)(=O)c2ccc(Cl)cc2)cc(Cl)c1N(C)C1CCC1. The largest absolute Gasteiger partial charge is 0.495 e. The van der Waals surface area contributed by atoms with Crippen LogP contribution in [0.1, 0.15) is 24.8 Å². The third-order valence-electron chi connectivity index (χ3n) is 4.81. The number of rotatable bonds is 6. The predicted molar refractivity (Wildman–Crippen MR) is 106 cm³/mol. The third kappa shape index (κ3) is 3.95. The molecule has 0 N–H and O–H groups in total. The van der Waals surface area contributed by atoms with Gasteiger partial charge < -0.3 is 9.64 Å². The summed E-state index contributed by atoms with van der Waals surface area (Å²) in [5.41, 5.74) is 1.40. The van der Waals surface area contributed by atoms with Gasteiger partial charge in [0.15, 0.2) is 9.84 Å². The first-order valence-corrected chi connectivity index (χ1v) is 10.8. The van der Waals surface area contributed by atoms with E-state index in [9.17, 15) is 8.42 Å². The van der Waals surface area contributed by atoms with Crippen molar-refractivity contribution in [3.05, 3.63) is 52.0 Å². The molecule has 2 aromatic rings. The van der Waals surface area contributed by atoms with Crippen LogP contribution < -0.4 is 9.64 Å². The molecule has 4 nitrogen and oxygen atoms in total. The van der Waals surface area contributed by atoms with E-state index in [1.54, 1.807) is 31.4 Å². The van der Waals surface area contributed by atoms with Gasteiger partial charge in [0, 0.05) is 18.1 Å². The molecule has 0 amide bonds. The highest BCUT2D eigenvalue weighted by Gasteiger charge is 2.27. The molecule has 26 heavy (non-hydrogen) atoms. The molecule has 1 aliphatic carbocycles. The minimum absolute atomic E-state index is 0.155. The maximum Gasteiger partial charge on any atom is 0.182 e. The highest BCUT2D eigenvalue weighted by Crippen LogP contribution is 2.41. The minimum atomic E-state index is -3.50. The molecule has 0 radical (unpaired) electrons. The Hall–Kier alpha value is -1.43. The fourth-order valence-electron chi connectivity index (χ4n) is 3.11. The summed E-state index contributed by atoms with van der Waals surface area (Å²) >= 11 is 12.3. The van der Waals surface area contributed by atoms with E-state index in [1.165, 1.54) is 18.6 Å². The highest BCUT2D eigenvalue weighted by molar-refractivity contribution is 7.90. The Morgan fingerprint density at radius 2 is 1.81 bits per heavy atom. The summed E-state index contributed by atoms with van der Waals surface area (Å²) < 4.78 is 30.8. The van der Waals surface area contributed by atoms with Gasteiger partial charge in [-0.2, -0.15) is 0 Å². The maximum atomic E-state index is 12.7. The lowest BCUT2D eigenvalue weighted by Crippen LogP contribution is -2.37. The zero-order valence-corrected chi connectivity index (χ0v) is 17.0. The van der Waals surface area contributed by atoms with Crippen molar-refractivity contribution < 1.29 is 13.2 Å². The van der Waals surface area contributed by atoms with Gasteiger partial charge in [-0.15, -0.1) is 0 Å². The fourth-order valence-corrected chi connectivity index (χ4v) is 4.93. The van der Waals surface area contributed by atoms with Crippen LogP contribution in [0.25, 0.3) is 0 Å². The molecular formula is C19H21Cl2NO3S. The van der Waals surface area contributed by atoms with Crippen LogP contribution in [-0.2, 0) is 15.6 Å². The molecular weight excluding hydrogens is 393 g/mol. The van der Waals surface area contributed by atoms with Crippen LogP contribution >= 0.6 is 23.2 Å². The number of benzene rings is 2. The molecule has 2 aromatic carbocycles. The van der Waals surface area contributed by atoms with Crippen LogP contribution in [0.5, 0.6) is 5.75 Å². The molecule has 1 aliphatic rings. The quantitative estimate of drug-likeness (QED) is 0.670. The average Bonchev–Trinajstić information content (AvgIpc) is 2.52. The number of methoxy groups -OCH3 is 1. The third-order valence-corrected chi connectivity index (χ3v) is 7.06. The van der Waals surface area contributed by atoms with E-state index in [4.69, 9.17) is 27.9 Å². The van der Waals surface area contributed by atoms with E-state index < -0.39 is 9.84 Å². The van der Waals surface area contributed by atoms with E-state index in [-0.39, 0.29) is 10.6 Å². The Kier molecular flexibility index (Phi) is 5.70. The van der Waals surface area contributed by atoms with Crippen molar-refractivity contribution in [1.29, 1.82) is 0 Å². The number of halogens is 2. The molecule has 1 fully saturated rings. The van der Waals surface area contributed by atoms with E-state index >= 15 is 0 Å². The van der Waals surface area contributed by atoms with Gasteiger partial charge in [-0.05, 0) is 61.2 Å². The number of sulfone groups is 1. The molecule has 0 saturated heterocycles. The van der Waals surface area contributed by atoms with Crippen LogP contribution in [0, 0.1) is 0 Å². The lowest BCUT2D eigenvalue weighted by Gasteiger charge is -2.37. The van der Waals surface area contributed by atoms with Gasteiger partial charge in [-0.25, -0.2) is 8.42 Å². The van der Waals surface area contributed by atoms with Crippen LogP contribution in [0.3, 0.4) is 0 Å². The van der Waals surface area contributed by atoms with Crippen LogP contribution in [0.15, 0.2) is 41.3 Å². The summed E-state index contributed by atoms with van der Waals surface area (Å²) in [5, 5.41) is 0.997. The van der Waals surface area contributed by atoms with E-state index in [1.807, 2.05) is 7.05 Å². The van der Waals surface area contributed by atoms with Crippen molar-refractivity contribution in [2.75, 3.05) is 19.1 Å².